The number of nitrogens with one attached hydrogen (secondary N) is 1. The fourth-order valence-electron chi connectivity index (χ4n) is 3.00. The van der Waals surface area contributed by atoms with Gasteiger partial charge in [0.15, 0.2) is 23.0 Å². The van der Waals surface area contributed by atoms with Gasteiger partial charge in [0.05, 0.1) is 34.6 Å². The van der Waals surface area contributed by atoms with Gasteiger partial charge in [0.1, 0.15) is 0 Å². The van der Waals surface area contributed by atoms with Gasteiger partial charge in [-0.15, -0.1) is 0 Å². The molecule has 2 heterocycles. The topological polar surface area (TPSA) is 132 Å². The number of nitrogens with two attached hydrogens (primary N) is 1. The van der Waals surface area contributed by atoms with Crippen molar-refractivity contribution in [2.45, 2.75) is 0 Å². The largest absolute Gasteiger partial charge is 0.504 e. The van der Waals surface area contributed by atoms with E-state index in [4.69, 9.17) is 5.73 Å². The van der Waals surface area contributed by atoms with Crippen LogP contribution >= 0.6 is 0 Å². The number of imidazole rings is 1. The van der Waals surface area contributed by atoms with E-state index in [9.17, 15) is 15.5 Å². The molecule has 0 atom stereocenters. The monoisotopic (exact) mass is 360 g/mol. The Hall–Kier alpha value is -3.83. The first-order chi connectivity index (χ1) is 13.1. The Bertz CT molecular complexity index is 1210. The van der Waals surface area contributed by atoms with E-state index in [1.165, 1.54) is 12.1 Å². The number of hydrogen-bond acceptors (Lipinski definition) is 7. The van der Waals surface area contributed by atoms with Gasteiger partial charge in [-0.3, -0.25) is 4.40 Å². The Morgan fingerprint density at radius 2 is 2.00 bits per heavy atom. The fraction of sp³-hybridized carbons (Fsp3) is 0.105. The van der Waals surface area contributed by atoms with Crippen LogP contribution in [0.4, 0.5) is 5.82 Å². The minimum atomic E-state index is -0.214. The predicted octanol–water partition coefficient (Wildman–Crippen LogP) is 2.20. The van der Waals surface area contributed by atoms with Crippen molar-refractivity contribution in [3.8, 4) is 28.8 Å². The standard InChI is InChI=1S/C19H16N6O2/c20-5-6-22-18-19-23-10-15(12-2-4-16(26)17(27)8-12)25(19)14-3-1-11(9-21)7-13(14)24-18/h1-4,7-8,10,26-27H,5-6,20H2,(H,22,24). The van der Waals surface area contributed by atoms with E-state index in [0.717, 1.165) is 5.52 Å². The van der Waals surface area contributed by atoms with E-state index in [1.807, 2.05) is 10.5 Å². The number of fused-ring (bicyclic) bond motifs is 3. The summed E-state index contributed by atoms with van der Waals surface area (Å²) in [7, 11) is 0. The van der Waals surface area contributed by atoms with Crippen LogP contribution in [0.2, 0.25) is 0 Å². The lowest BCUT2D eigenvalue weighted by molar-refractivity contribution is 0.404. The van der Waals surface area contributed by atoms with Crippen molar-refractivity contribution >= 4 is 22.5 Å². The molecule has 4 rings (SSSR count). The highest BCUT2D eigenvalue weighted by atomic mass is 16.3. The van der Waals surface area contributed by atoms with Crippen LogP contribution in [-0.4, -0.2) is 37.7 Å². The van der Waals surface area contributed by atoms with E-state index in [-0.39, 0.29) is 11.5 Å². The third-order valence-electron chi connectivity index (χ3n) is 4.26. The number of phenols is 2. The molecular weight excluding hydrogens is 344 g/mol. The van der Waals surface area contributed by atoms with E-state index >= 15 is 0 Å². The maximum absolute atomic E-state index is 9.87. The summed E-state index contributed by atoms with van der Waals surface area (Å²) >= 11 is 0. The van der Waals surface area contributed by atoms with Crippen LogP contribution in [0.5, 0.6) is 11.5 Å². The number of nitriles is 1. The van der Waals surface area contributed by atoms with Crippen molar-refractivity contribution in [3.05, 3.63) is 48.2 Å². The van der Waals surface area contributed by atoms with Crippen LogP contribution in [0.25, 0.3) is 27.9 Å². The number of hydrogen-bond donors (Lipinski definition) is 4. The van der Waals surface area contributed by atoms with Gasteiger partial charge in [-0.05, 0) is 36.4 Å². The third-order valence-corrected chi connectivity index (χ3v) is 4.26. The molecule has 27 heavy (non-hydrogen) atoms. The summed E-state index contributed by atoms with van der Waals surface area (Å²) in [4.78, 5) is 9.08. The molecule has 0 unspecified atom stereocenters. The number of phenolic OH excluding ortho intramolecular Hbond substituents is 2. The molecule has 0 saturated carbocycles. The minimum Gasteiger partial charge on any atom is -0.504 e. The molecule has 8 nitrogen and oxygen atoms in total. The lowest BCUT2D eigenvalue weighted by Crippen LogP contribution is -2.15. The highest BCUT2D eigenvalue weighted by Gasteiger charge is 2.16. The zero-order valence-corrected chi connectivity index (χ0v) is 14.2. The summed E-state index contributed by atoms with van der Waals surface area (Å²) in [5.74, 6) is 0.148. The summed E-state index contributed by atoms with van der Waals surface area (Å²) < 4.78 is 1.90. The van der Waals surface area contributed by atoms with E-state index in [1.54, 1.807) is 24.4 Å². The summed E-state index contributed by atoms with van der Waals surface area (Å²) in [6.45, 7) is 0.956. The zero-order chi connectivity index (χ0) is 19.0. The molecule has 4 aromatic rings. The minimum absolute atomic E-state index is 0.192. The van der Waals surface area contributed by atoms with Gasteiger partial charge in [0.25, 0.3) is 0 Å². The fourth-order valence-corrected chi connectivity index (χ4v) is 3.00. The molecule has 8 heteroatoms. The smallest absolute Gasteiger partial charge is 0.181 e. The number of anilines is 1. The lowest BCUT2D eigenvalue weighted by Gasteiger charge is -2.11. The highest BCUT2D eigenvalue weighted by Crippen LogP contribution is 2.33. The first kappa shape index (κ1) is 16.6. The van der Waals surface area contributed by atoms with Crippen molar-refractivity contribution in [3.63, 3.8) is 0 Å². The van der Waals surface area contributed by atoms with Crippen LogP contribution < -0.4 is 11.1 Å². The van der Waals surface area contributed by atoms with Crippen molar-refractivity contribution in [1.82, 2.24) is 14.4 Å². The van der Waals surface area contributed by atoms with E-state index in [0.29, 0.717) is 46.9 Å². The molecule has 0 radical (unpaired) electrons. The van der Waals surface area contributed by atoms with Crippen molar-refractivity contribution in [1.29, 1.82) is 5.26 Å². The Morgan fingerprint density at radius 1 is 1.15 bits per heavy atom. The maximum Gasteiger partial charge on any atom is 0.181 e. The van der Waals surface area contributed by atoms with Gasteiger partial charge in [0, 0.05) is 18.7 Å². The van der Waals surface area contributed by atoms with Gasteiger partial charge >= 0.3 is 0 Å². The zero-order valence-electron chi connectivity index (χ0n) is 14.2. The van der Waals surface area contributed by atoms with Gasteiger partial charge in [-0.1, -0.05) is 0 Å². The molecule has 0 fully saturated rings. The SMILES string of the molecule is N#Cc1ccc2c(c1)nc(NCCN)c1ncc(-c3ccc(O)c(O)c3)n12. The molecule has 2 aromatic carbocycles. The second-order valence-electron chi connectivity index (χ2n) is 6.00. The van der Waals surface area contributed by atoms with E-state index < -0.39 is 0 Å². The number of rotatable bonds is 4. The normalized spacial score (nSPS) is 11.0. The van der Waals surface area contributed by atoms with Crippen molar-refractivity contribution < 1.29 is 10.2 Å². The Morgan fingerprint density at radius 3 is 2.74 bits per heavy atom. The number of benzene rings is 2. The molecule has 0 spiro atoms. The molecule has 134 valence electrons. The first-order valence-electron chi connectivity index (χ1n) is 8.30. The van der Waals surface area contributed by atoms with Crippen LogP contribution in [0.15, 0.2) is 42.6 Å². The molecule has 2 aromatic heterocycles. The Labute approximate surface area is 154 Å². The van der Waals surface area contributed by atoms with Crippen LogP contribution in [0.1, 0.15) is 5.56 Å². The number of aromatic nitrogens is 3. The third kappa shape index (κ3) is 2.76. The number of nitrogens with zero attached hydrogens (tertiary/aromatic N) is 4. The van der Waals surface area contributed by atoms with Gasteiger partial charge in [-0.25, -0.2) is 9.97 Å². The molecule has 0 aliphatic rings. The maximum atomic E-state index is 9.87. The predicted molar refractivity (Wildman–Crippen MR) is 102 cm³/mol. The van der Waals surface area contributed by atoms with Crippen molar-refractivity contribution in [2.75, 3.05) is 18.4 Å². The van der Waals surface area contributed by atoms with Gasteiger partial charge in [0.2, 0.25) is 0 Å². The Kier molecular flexibility index (Phi) is 3.99. The quantitative estimate of drug-likeness (QED) is 0.410. The van der Waals surface area contributed by atoms with Crippen LogP contribution in [0, 0.1) is 11.3 Å². The second-order valence-corrected chi connectivity index (χ2v) is 6.00. The molecule has 0 saturated heterocycles. The molecular formula is C19H16N6O2. The molecule has 0 bridgehead atoms. The summed E-state index contributed by atoms with van der Waals surface area (Å²) in [5, 5.41) is 31.8. The molecule has 5 N–H and O–H groups in total. The lowest BCUT2D eigenvalue weighted by atomic mass is 10.1. The average molecular weight is 360 g/mol. The highest BCUT2D eigenvalue weighted by molar-refractivity contribution is 5.87. The van der Waals surface area contributed by atoms with Crippen molar-refractivity contribution in [2.24, 2.45) is 5.73 Å². The molecule has 0 aliphatic heterocycles. The van der Waals surface area contributed by atoms with Gasteiger partial charge in [-0.2, -0.15) is 5.26 Å². The van der Waals surface area contributed by atoms with Gasteiger partial charge < -0.3 is 21.3 Å². The summed E-state index contributed by atoms with van der Waals surface area (Å²) in [5.41, 5.74) is 9.49. The second kappa shape index (κ2) is 6.48. The summed E-state index contributed by atoms with van der Waals surface area (Å²) in [6.07, 6.45) is 1.67. The number of aromatic hydroxyl groups is 2. The Balaban J connectivity index is 2.04. The molecule has 0 amide bonds. The average Bonchev–Trinajstić information content (AvgIpc) is 3.13. The molecule has 0 aliphatic carbocycles. The first-order valence-corrected chi connectivity index (χ1v) is 8.30. The summed E-state index contributed by atoms with van der Waals surface area (Å²) in [6, 6.07) is 11.9. The van der Waals surface area contributed by atoms with Crippen LogP contribution in [0.3, 0.4) is 0 Å². The van der Waals surface area contributed by atoms with E-state index in [2.05, 4.69) is 21.4 Å². The van der Waals surface area contributed by atoms with Crippen LogP contribution in [-0.2, 0) is 0 Å².